The van der Waals surface area contributed by atoms with Gasteiger partial charge in [0, 0.05) is 37.4 Å². The Morgan fingerprint density at radius 3 is 2.55 bits per heavy atom. The number of piperidine rings is 1. The van der Waals surface area contributed by atoms with Crippen molar-refractivity contribution in [3.63, 3.8) is 0 Å². The fourth-order valence-electron chi connectivity index (χ4n) is 4.36. The number of hydrogen-bond donors (Lipinski definition) is 0. The number of carbonyl (C=O) groups excluding carboxylic acids is 1. The maximum absolute atomic E-state index is 13.2. The number of rotatable bonds is 4. The molecule has 29 heavy (non-hydrogen) atoms. The predicted molar refractivity (Wildman–Crippen MR) is 109 cm³/mol. The lowest BCUT2D eigenvalue weighted by Gasteiger charge is -2.42. The predicted octanol–water partition coefficient (Wildman–Crippen LogP) is 3.19. The molecule has 0 bridgehead atoms. The van der Waals surface area contributed by atoms with E-state index in [4.69, 9.17) is 21.1 Å². The Morgan fingerprint density at radius 2 is 1.93 bits per heavy atom. The quantitative estimate of drug-likeness (QED) is 0.731. The Balaban J connectivity index is 1.43. The van der Waals surface area contributed by atoms with Crippen LogP contribution in [0.5, 0.6) is 0 Å². The van der Waals surface area contributed by atoms with Crippen LogP contribution in [-0.2, 0) is 15.9 Å². The maximum Gasteiger partial charge on any atom is 0.264 e. The van der Waals surface area contributed by atoms with E-state index in [9.17, 15) is 4.79 Å². The van der Waals surface area contributed by atoms with Gasteiger partial charge in [0.05, 0.1) is 19.3 Å². The van der Waals surface area contributed by atoms with Crippen LogP contribution in [0.4, 0.5) is 0 Å². The van der Waals surface area contributed by atoms with Crippen molar-refractivity contribution >= 4 is 29.3 Å². The zero-order valence-electron chi connectivity index (χ0n) is 16.2. The summed E-state index contributed by atoms with van der Waals surface area (Å²) in [6.07, 6.45) is 2.31. The average molecular weight is 435 g/mol. The van der Waals surface area contributed by atoms with Gasteiger partial charge in [-0.2, -0.15) is 4.68 Å². The van der Waals surface area contributed by atoms with Gasteiger partial charge in [-0.15, -0.1) is 5.10 Å². The van der Waals surface area contributed by atoms with E-state index in [1.54, 1.807) is 0 Å². The molecule has 4 heterocycles. The highest BCUT2D eigenvalue weighted by molar-refractivity contribution is 8.00. The summed E-state index contributed by atoms with van der Waals surface area (Å²) in [7, 11) is 0. The third-order valence-electron chi connectivity index (χ3n) is 5.89. The number of hydrogen-bond acceptors (Lipinski definition) is 7. The molecule has 154 valence electrons. The Kier molecular flexibility index (Phi) is 5.16. The van der Waals surface area contributed by atoms with Crippen LogP contribution < -0.4 is 0 Å². The van der Waals surface area contributed by atoms with Crippen LogP contribution in [0.3, 0.4) is 0 Å². The Labute approximate surface area is 178 Å². The summed E-state index contributed by atoms with van der Waals surface area (Å²) in [5.74, 6) is 0.252. The highest BCUT2D eigenvalue weighted by Crippen LogP contribution is 2.43. The maximum atomic E-state index is 13.2. The summed E-state index contributed by atoms with van der Waals surface area (Å²) in [6.45, 7) is 4.90. The summed E-state index contributed by atoms with van der Waals surface area (Å²) >= 11 is 7.63. The van der Waals surface area contributed by atoms with Crippen molar-refractivity contribution in [1.29, 1.82) is 0 Å². The lowest BCUT2D eigenvalue weighted by molar-refractivity contribution is -0.187. The first-order chi connectivity index (χ1) is 14.1. The van der Waals surface area contributed by atoms with E-state index in [0.29, 0.717) is 35.6 Å². The third-order valence-corrected chi connectivity index (χ3v) is 7.33. The topological polar surface area (TPSA) is 69.5 Å². The van der Waals surface area contributed by atoms with Gasteiger partial charge in [-0.25, -0.2) is 4.98 Å². The van der Waals surface area contributed by atoms with E-state index < -0.39 is 5.79 Å². The zero-order chi connectivity index (χ0) is 20.0. The van der Waals surface area contributed by atoms with Gasteiger partial charge in [-0.1, -0.05) is 42.4 Å². The standard InChI is InChI=1S/C20H23ClN4O3S/c1-2-15-22-19-25(23-15)18(26)17(29-19)16(13-3-5-14(21)6-4-13)24-9-7-20(8-10-24)27-11-12-28-20/h3-6,16-17H,2,7-12H2,1H3. The molecule has 0 N–H and O–H groups in total. The minimum atomic E-state index is -0.446. The van der Waals surface area contributed by atoms with E-state index in [-0.39, 0.29) is 17.2 Å². The Morgan fingerprint density at radius 1 is 1.24 bits per heavy atom. The van der Waals surface area contributed by atoms with Gasteiger partial charge in [-0.05, 0) is 17.7 Å². The van der Waals surface area contributed by atoms with Gasteiger partial charge < -0.3 is 9.47 Å². The first kappa shape index (κ1) is 19.5. The van der Waals surface area contributed by atoms with Gasteiger partial charge in [-0.3, -0.25) is 9.69 Å². The lowest BCUT2D eigenvalue weighted by atomic mass is 9.96. The number of nitrogens with zero attached hydrogens (tertiary/aromatic N) is 4. The second-order valence-corrected chi connectivity index (χ2v) is 9.14. The number of fused-ring (bicyclic) bond motifs is 1. The van der Waals surface area contributed by atoms with Crippen molar-refractivity contribution < 1.29 is 14.3 Å². The smallest absolute Gasteiger partial charge is 0.264 e. The minimum Gasteiger partial charge on any atom is -0.347 e. The Hall–Kier alpha value is -1.45. The zero-order valence-corrected chi connectivity index (χ0v) is 17.8. The fourth-order valence-corrected chi connectivity index (χ4v) is 5.76. The van der Waals surface area contributed by atoms with Crippen LogP contribution in [0.15, 0.2) is 29.4 Å². The largest absolute Gasteiger partial charge is 0.347 e. The number of aryl methyl sites for hydroxylation is 1. The van der Waals surface area contributed by atoms with Crippen molar-refractivity contribution in [3.05, 3.63) is 40.7 Å². The van der Waals surface area contributed by atoms with Gasteiger partial charge in [0.1, 0.15) is 5.25 Å². The molecule has 9 heteroatoms. The molecule has 2 aromatic rings. The first-order valence-corrected chi connectivity index (χ1v) is 11.3. The first-order valence-electron chi connectivity index (χ1n) is 10.0. The summed E-state index contributed by atoms with van der Waals surface area (Å²) in [4.78, 5) is 20.1. The number of aromatic nitrogens is 3. The molecule has 0 amide bonds. The van der Waals surface area contributed by atoms with Gasteiger partial charge in [0.2, 0.25) is 0 Å². The lowest BCUT2D eigenvalue weighted by Crippen LogP contribution is -2.49. The van der Waals surface area contributed by atoms with Crippen LogP contribution in [0, 0.1) is 0 Å². The molecule has 2 unspecified atom stereocenters. The van der Waals surface area contributed by atoms with Crippen LogP contribution in [-0.4, -0.2) is 62.9 Å². The summed E-state index contributed by atoms with van der Waals surface area (Å²) < 4.78 is 13.2. The number of halogens is 1. The molecule has 7 nitrogen and oxygen atoms in total. The van der Waals surface area contributed by atoms with E-state index in [0.717, 1.165) is 31.5 Å². The van der Waals surface area contributed by atoms with Gasteiger partial charge in [0.25, 0.3) is 5.91 Å². The average Bonchev–Trinajstić information content (AvgIpc) is 3.43. The summed E-state index contributed by atoms with van der Waals surface area (Å²) in [5, 5.41) is 5.47. The highest BCUT2D eigenvalue weighted by Gasteiger charge is 2.47. The molecular weight excluding hydrogens is 412 g/mol. The van der Waals surface area contributed by atoms with Crippen molar-refractivity contribution in [2.24, 2.45) is 0 Å². The van der Waals surface area contributed by atoms with E-state index >= 15 is 0 Å². The molecule has 1 aromatic heterocycles. The van der Waals surface area contributed by atoms with Crippen molar-refractivity contribution in [3.8, 4) is 0 Å². The molecule has 0 aliphatic carbocycles. The molecule has 1 aromatic carbocycles. The number of ether oxygens (including phenoxy) is 2. The molecule has 3 aliphatic heterocycles. The minimum absolute atomic E-state index is 0.00852. The molecule has 0 saturated carbocycles. The molecular formula is C20H23ClN4O3S. The SMILES string of the molecule is CCc1nc2n(n1)C(=O)C(C(c1ccc(Cl)cc1)N1CCC3(CC1)OCCO3)S2. The number of thioether (sulfide) groups is 1. The highest BCUT2D eigenvalue weighted by atomic mass is 35.5. The van der Waals surface area contributed by atoms with E-state index in [2.05, 4.69) is 15.0 Å². The van der Waals surface area contributed by atoms with Crippen molar-refractivity contribution in [1.82, 2.24) is 19.7 Å². The van der Waals surface area contributed by atoms with Gasteiger partial charge in [0.15, 0.2) is 16.8 Å². The monoisotopic (exact) mass is 434 g/mol. The van der Waals surface area contributed by atoms with Crippen LogP contribution in [0.2, 0.25) is 5.02 Å². The van der Waals surface area contributed by atoms with Crippen molar-refractivity contribution in [2.75, 3.05) is 26.3 Å². The third kappa shape index (κ3) is 3.51. The van der Waals surface area contributed by atoms with E-state index in [1.807, 2.05) is 31.2 Å². The molecule has 3 aliphatic rings. The van der Waals surface area contributed by atoms with E-state index in [1.165, 1.54) is 16.4 Å². The van der Waals surface area contributed by atoms with Crippen molar-refractivity contribution in [2.45, 2.75) is 48.4 Å². The summed E-state index contributed by atoms with van der Waals surface area (Å²) in [6, 6.07) is 7.71. The molecule has 0 radical (unpaired) electrons. The Bertz CT molecular complexity index is 903. The molecule has 2 atom stereocenters. The second kappa shape index (κ2) is 7.67. The summed E-state index contributed by atoms with van der Waals surface area (Å²) in [5.41, 5.74) is 1.07. The number of carbonyl (C=O) groups is 1. The number of likely N-dealkylation sites (tertiary alicyclic amines) is 1. The molecule has 2 saturated heterocycles. The fraction of sp³-hybridized carbons (Fsp3) is 0.550. The van der Waals surface area contributed by atoms with Gasteiger partial charge >= 0.3 is 0 Å². The molecule has 1 spiro atoms. The second-order valence-electron chi connectivity index (χ2n) is 7.59. The van der Waals surface area contributed by atoms with Crippen LogP contribution in [0.25, 0.3) is 0 Å². The van der Waals surface area contributed by atoms with Crippen LogP contribution >= 0.6 is 23.4 Å². The molecule has 2 fully saturated rings. The normalized spacial score (nSPS) is 24.9. The number of benzene rings is 1. The molecule has 5 rings (SSSR count). The van der Waals surface area contributed by atoms with Crippen LogP contribution in [0.1, 0.15) is 42.0 Å².